The minimum Gasteiger partial charge on any atom is -0.306 e. The van der Waals surface area contributed by atoms with Crippen molar-refractivity contribution in [2.45, 2.75) is 32.9 Å². The molecule has 0 saturated carbocycles. The van der Waals surface area contributed by atoms with Gasteiger partial charge < -0.3 is 4.90 Å². The molecule has 1 nitrogen and oxygen atoms in total. The third-order valence-corrected chi connectivity index (χ3v) is 3.18. The van der Waals surface area contributed by atoms with E-state index < -0.39 is 6.68 Å². The van der Waals surface area contributed by atoms with Gasteiger partial charge >= 0.3 is 6.68 Å². The van der Waals surface area contributed by atoms with E-state index in [9.17, 15) is 13.2 Å². The number of benzene rings is 1. The van der Waals surface area contributed by atoms with E-state index in [4.69, 9.17) is 23.2 Å². The van der Waals surface area contributed by atoms with Gasteiger partial charge in [0.2, 0.25) is 0 Å². The van der Waals surface area contributed by atoms with Gasteiger partial charge in [-0.25, -0.2) is 0 Å². The Balaban J connectivity index is 0.000000521. The van der Waals surface area contributed by atoms with Crippen molar-refractivity contribution >= 4 is 23.2 Å². The second-order valence-corrected chi connectivity index (χ2v) is 5.07. The van der Waals surface area contributed by atoms with Crippen LogP contribution in [0.3, 0.4) is 0 Å². The molecular weight excluding hydrogens is 310 g/mol. The van der Waals surface area contributed by atoms with Gasteiger partial charge in [0.25, 0.3) is 0 Å². The van der Waals surface area contributed by atoms with E-state index in [1.54, 1.807) is 6.07 Å². The van der Waals surface area contributed by atoms with Gasteiger partial charge in [0.15, 0.2) is 0 Å². The molecule has 0 N–H and O–H groups in total. The Kier molecular flexibility index (Phi) is 10.1. The Labute approximate surface area is 128 Å². The predicted molar refractivity (Wildman–Crippen MR) is 79.8 cm³/mol. The van der Waals surface area contributed by atoms with Crippen molar-refractivity contribution in [3.63, 3.8) is 0 Å². The highest BCUT2D eigenvalue weighted by atomic mass is 35.5. The zero-order valence-electron chi connectivity index (χ0n) is 11.8. The fourth-order valence-electron chi connectivity index (χ4n) is 2.02. The monoisotopic (exact) mass is 329 g/mol. The summed E-state index contributed by atoms with van der Waals surface area (Å²) in [6.07, 6.45) is 1.20. The molecule has 1 saturated heterocycles. The third-order valence-electron chi connectivity index (χ3n) is 2.75. The average molecular weight is 330 g/mol. The second-order valence-electron chi connectivity index (χ2n) is 4.20. The molecule has 1 aromatic carbocycles. The summed E-state index contributed by atoms with van der Waals surface area (Å²) in [5.74, 6) is 0.594. The van der Waals surface area contributed by atoms with E-state index >= 15 is 0 Å². The van der Waals surface area contributed by atoms with Crippen LogP contribution in [-0.4, -0.2) is 31.7 Å². The van der Waals surface area contributed by atoms with Crippen LogP contribution in [0.2, 0.25) is 10.0 Å². The zero-order valence-corrected chi connectivity index (χ0v) is 13.4. The van der Waals surface area contributed by atoms with E-state index in [0.717, 1.165) is 23.1 Å². The summed E-state index contributed by atoms with van der Waals surface area (Å²) in [6.45, 7) is 2.60. The maximum atomic E-state index is 9.67. The highest BCUT2D eigenvalue weighted by Gasteiger charge is 2.21. The molecule has 0 spiro atoms. The minimum absolute atomic E-state index is 0.594. The molecule has 1 aromatic rings. The average Bonchev–Trinajstić information content (AvgIpc) is 2.76. The molecule has 0 amide bonds. The van der Waals surface area contributed by atoms with Gasteiger partial charge in [-0.3, -0.25) is 0 Å². The number of alkyl halides is 3. The summed E-state index contributed by atoms with van der Waals surface area (Å²) in [4.78, 5) is 2.33. The molecule has 1 atom stereocenters. The highest BCUT2D eigenvalue weighted by Crippen LogP contribution is 2.30. The van der Waals surface area contributed by atoms with Crippen molar-refractivity contribution in [1.29, 1.82) is 0 Å². The molecule has 0 bridgehead atoms. The number of nitrogens with zero attached hydrogens (tertiary/aromatic N) is 1. The van der Waals surface area contributed by atoms with E-state index in [-0.39, 0.29) is 0 Å². The van der Waals surface area contributed by atoms with Crippen LogP contribution in [0.25, 0.3) is 0 Å². The van der Waals surface area contributed by atoms with E-state index in [1.807, 2.05) is 26.0 Å². The molecule has 6 heteroatoms. The molecule has 0 aromatic heterocycles. The fraction of sp³-hybridized carbons (Fsp3) is 0.571. The molecule has 1 fully saturated rings. The summed E-state index contributed by atoms with van der Waals surface area (Å²) < 4.78 is 29.0. The Morgan fingerprint density at radius 3 is 1.90 bits per heavy atom. The molecule has 1 unspecified atom stereocenters. The van der Waals surface area contributed by atoms with Crippen molar-refractivity contribution in [3.05, 3.63) is 33.8 Å². The van der Waals surface area contributed by atoms with Gasteiger partial charge in [0, 0.05) is 16.6 Å². The van der Waals surface area contributed by atoms with Crippen LogP contribution >= 0.6 is 23.2 Å². The maximum absolute atomic E-state index is 9.67. The first kappa shape index (κ1) is 19.6. The van der Waals surface area contributed by atoms with Gasteiger partial charge in [-0.05, 0) is 49.7 Å². The molecule has 1 aliphatic rings. The number of hydrogen-bond donors (Lipinski definition) is 0. The molecule has 20 heavy (non-hydrogen) atoms. The lowest BCUT2D eigenvalue weighted by Crippen LogP contribution is -2.13. The summed E-state index contributed by atoms with van der Waals surface area (Å²) in [5, 5.41) is 1.48. The second kappa shape index (κ2) is 10.3. The topological polar surface area (TPSA) is 3.24 Å². The van der Waals surface area contributed by atoms with Crippen LogP contribution in [-0.2, 0) is 0 Å². The fourth-order valence-corrected chi connectivity index (χ4v) is 2.56. The van der Waals surface area contributed by atoms with E-state index in [0.29, 0.717) is 5.92 Å². The first-order valence-corrected chi connectivity index (χ1v) is 7.21. The van der Waals surface area contributed by atoms with Gasteiger partial charge in [-0.2, -0.15) is 13.2 Å². The number of halogens is 5. The number of likely N-dealkylation sites (N-methyl/N-ethyl adjacent to an activating group) is 1. The van der Waals surface area contributed by atoms with Crippen LogP contribution in [0.1, 0.15) is 31.7 Å². The summed E-state index contributed by atoms with van der Waals surface area (Å²) in [6, 6.07) is 5.83. The Hall–Kier alpha value is -0.450. The predicted octanol–water partition coefficient (Wildman–Crippen LogP) is 5.62. The molecule has 1 heterocycles. The molecule has 0 aliphatic carbocycles. The Morgan fingerprint density at radius 1 is 1.10 bits per heavy atom. The van der Waals surface area contributed by atoms with Gasteiger partial charge in [0.1, 0.15) is 0 Å². The van der Waals surface area contributed by atoms with Crippen molar-refractivity contribution in [3.8, 4) is 0 Å². The normalized spacial score (nSPS) is 18.1. The lowest BCUT2D eigenvalue weighted by molar-refractivity contribution is 0.00819. The first-order chi connectivity index (χ1) is 9.38. The highest BCUT2D eigenvalue weighted by molar-refractivity contribution is 6.34. The van der Waals surface area contributed by atoms with Crippen molar-refractivity contribution in [1.82, 2.24) is 4.90 Å². The third kappa shape index (κ3) is 7.98. The van der Waals surface area contributed by atoms with E-state index in [1.165, 1.54) is 12.0 Å². The summed E-state index contributed by atoms with van der Waals surface area (Å²) in [7, 11) is 2.14. The van der Waals surface area contributed by atoms with Crippen LogP contribution in [0.4, 0.5) is 13.2 Å². The Bertz CT molecular complexity index is 366. The van der Waals surface area contributed by atoms with Crippen LogP contribution < -0.4 is 0 Å². The van der Waals surface area contributed by atoms with Crippen LogP contribution in [0, 0.1) is 0 Å². The lowest BCUT2D eigenvalue weighted by Gasteiger charge is -2.11. The number of hydrogen-bond acceptors (Lipinski definition) is 1. The molecule has 2 rings (SSSR count). The smallest absolute Gasteiger partial charge is 0.306 e. The van der Waals surface area contributed by atoms with Gasteiger partial charge in [0.05, 0.1) is 0 Å². The zero-order chi connectivity index (χ0) is 15.7. The van der Waals surface area contributed by atoms with Gasteiger partial charge in [-0.1, -0.05) is 37.0 Å². The molecule has 1 aliphatic heterocycles. The first-order valence-electron chi connectivity index (χ1n) is 6.45. The van der Waals surface area contributed by atoms with Crippen molar-refractivity contribution in [2.75, 3.05) is 20.1 Å². The summed E-state index contributed by atoms with van der Waals surface area (Å²) >= 11 is 11.9. The SMILES string of the molecule is CC.CN1CCC(c2cc(Cl)cc(Cl)c2)C1.FC(F)F. The van der Waals surface area contributed by atoms with Crippen LogP contribution in [0.5, 0.6) is 0 Å². The standard InChI is InChI=1S/C11H13Cl2N.C2H6.CHF3/c1-14-3-2-8(7-14)9-4-10(12)6-11(13)5-9;1-2;2-1(3)4/h4-6,8H,2-3,7H2,1H3;1-2H3;1H. The summed E-state index contributed by atoms with van der Waals surface area (Å²) in [5.41, 5.74) is 1.27. The van der Waals surface area contributed by atoms with Crippen molar-refractivity contribution in [2.24, 2.45) is 0 Å². The van der Waals surface area contributed by atoms with Gasteiger partial charge in [-0.15, -0.1) is 0 Å². The minimum atomic E-state index is -3.67. The lowest BCUT2D eigenvalue weighted by atomic mass is 9.99. The van der Waals surface area contributed by atoms with E-state index in [2.05, 4.69) is 11.9 Å². The maximum Gasteiger partial charge on any atom is 0.379 e. The molecule has 116 valence electrons. The molecule has 0 radical (unpaired) electrons. The van der Waals surface area contributed by atoms with Crippen molar-refractivity contribution < 1.29 is 13.2 Å². The quantitative estimate of drug-likeness (QED) is 0.646. The van der Waals surface area contributed by atoms with Crippen LogP contribution in [0.15, 0.2) is 18.2 Å². The molecular formula is C14H20Cl2F3N. The number of likely N-dealkylation sites (tertiary alicyclic amines) is 1. The number of rotatable bonds is 1. The Morgan fingerprint density at radius 2 is 1.55 bits per heavy atom. The largest absolute Gasteiger partial charge is 0.379 e.